The van der Waals surface area contributed by atoms with Crippen molar-refractivity contribution in [3.05, 3.63) is 35.0 Å². The van der Waals surface area contributed by atoms with E-state index >= 15 is 0 Å². The lowest BCUT2D eigenvalue weighted by Crippen LogP contribution is -2.21. The Bertz CT molecular complexity index is 488. The number of hydrogen-bond donors (Lipinski definition) is 1. The van der Waals surface area contributed by atoms with Crippen LogP contribution < -0.4 is 11.3 Å². The largest absolute Gasteiger partial charge is 0.398 e. The van der Waals surface area contributed by atoms with Gasteiger partial charge in [-0.2, -0.15) is 0 Å². The van der Waals surface area contributed by atoms with Crippen LogP contribution in [0.3, 0.4) is 0 Å². The number of nitrogens with two attached hydrogens (primary N) is 1. The number of nitrogen functional groups attached to an aromatic ring is 1. The van der Waals surface area contributed by atoms with Gasteiger partial charge in [0.1, 0.15) is 6.33 Å². The first kappa shape index (κ1) is 9.38. The Morgan fingerprint density at radius 2 is 2.20 bits per heavy atom. The zero-order chi connectivity index (χ0) is 10.7. The molecule has 78 valence electrons. The molecule has 7 heteroatoms. The molecule has 0 radical (unpaired) electrons. The van der Waals surface area contributed by atoms with E-state index in [1.165, 1.54) is 17.0 Å². The van der Waals surface area contributed by atoms with Crippen LogP contribution >= 0.6 is 0 Å². The van der Waals surface area contributed by atoms with Crippen LogP contribution in [0.5, 0.6) is 0 Å². The number of tetrazole rings is 1. The van der Waals surface area contributed by atoms with Crippen molar-refractivity contribution in [1.82, 2.24) is 24.8 Å². The van der Waals surface area contributed by atoms with Gasteiger partial charge in [-0.25, -0.2) is 4.68 Å². The summed E-state index contributed by atoms with van der Waals surface area (Å²) in [5.74, 6) is 0. The zero-order valence-electron chi connectivity index (χ0n) is 7.95. The molecule has 7 nitrogen and oxygen atoms in total. The van der Waals surface area contributed by atoms with Gasteiger partial charge < -0.3 is 10.3 Å². The smallest absolute Gasteiger partial charge is 0.250 e. The van der Waals surface area contributed by atoms with Gasteiger partial charge in [0, 0.05) is 24.5 Å². The SMILES string of the molecule is Nc1ccc(=O)n(CCn2cnnn2)c1. The van der Waals surface area contributed by atoms with Crippen LogP contribution in [-0.4, -0.2) is 24.8 Å². The summed E-state index contributed by atoms with van der Waals surface area (Å²) in [5.41, 5.74) is 6.05. The maximum atomic E-state index is 11.4. The highest BCUT2D eigenvalue weighted by Gasteiger charge is 1.97. The van der Waals surface area contributed by atoms with E-state index in [9.17, 15) is 4.79 Å². The molecule has 0 aliphatic carbocycles. The third kappa shape index (κ3) is 2.19. The number of nitrogens with zero attached hydrogens (tertiary/aromatic N) is 5. The summed E-state index contributed by atoms with van der Waals surface area (Å²) in [5, 5.41) is 10.7. The van der Waals surface area contributed by atoms with Gasteiger partial charge in [-0.1, -0.05) is 0 Å². The van der Waals surface area contributed by atoms with E-state index in [0.29, 0.717) is 18.8 Å². The molecule has 0 atom stereocenters. The average molecular weight is 206 g/mol. The topological polar surface area (TPSA) is 91.6 Å². The molecule has 0 aliphatic heterocycles. The van der Waals surface area contributed by atoms with Gasteiger partial charge in [-0.05, 0) is 16.5 Å². The van der Waals surface area contributed by atoms with Crippen molar-refractivity contribution < 1.29 is 0 Å². The van der Waals surface area contributed by atoms with E-state index in [2.05, 4.69) is 15.5 Å². The zero-order valence-corrected chi connectivity index (χ0v) is 7.95. The van der Waals surface area contributed by atoms with Crippen LogP contribution in [0, 0.1) is 0 Å². The van der Waals surface area contributed by atoms with Crippen molar-refractivity contribution >= 4 is 5.69 Å². The van der Waals surface area contributed by atoms with Gasteiger partial charge in [-0.3, -0.25) is 4.79 Å². The molecule has 0 spiro atoms. The van der Waals surface area contributed by atoms with Gasteiger partial charge in [0.05, 0.1) is 6.54 Å². The summed E-state index contributed by atoms with van der Waals surface area (Å²) >= 11 is 0. The molecule has 2 rings (SSSR count). The minimum atomic E-state index is -0.0859. The molecule has 0 saturated heterocycles. The molecular formula is C8H10N6O. The lowest BCUT2D eigenvalue weighted by Gasteiger charge is -2.05. The first-order valence-corrected chi connectivity index (χ1v) is 4.42. The van der Waals surface area contributed by atoms with Gasteiger partial charge in [0.15, 0.2) is 0 Å². The molecule has 0 aliphatic rings. The lowest BCUT2D eigenvalue weighted by molar-refractivity contribution is 0.511. The fourth-order valence-electron chi connectivity index (χ4n) is 1.22. The third-order valence-electron chi connectivity index (χ3n) is 1.97. The highest BCUT2D eigenvalue weighted by Crippen LogP contribution is 1.95. The molecule has 0 aromatic carbocycles. The van der Waals surface area contributed by atoms with Crippen molar-refractivity contribution in [2.24, 2.45) is 0 Å². The van der Waals surface area contributed by atoms with Crippen LogP contribution in [0.15, 0.2) is 29.5 Å². The number of pyridine rings is 1. The number of aromatic nitrogens is 5. The minimum Gasteiger partial charge on any atom is -0.398 e. The molecule has 0 fully saturated rings. The molecule has 0 amide bonds. The molecule has 0 unspecified atom stereocenters. The predicted octanol–water partition coefficient (Wildman–Crippen LogP) is -0.883. The Hall–Kier alpha value is -2.18. The van der Waals surface area contributed by atoms with E-state index in [1.54, 1.807) is 16.9 Å². The number of anilines is 1. The standard InChI is InChI=1S/C8H10N6O/c9-7-1-2-8(15)13(5-7)3-4-14-6-10-11-12-14/h1-2,5-6H,3-4,9H2. The number of hydrogen-bond acceptors (Lipinski definition) is 5. The minimum absolute atomic E-state index is 0.0859. The van der Waals surface area contributed by atoms with E-state index in [0.717, 1.165) is 0 Å². The number of rotatable bonds is 3. The lowest BCUT2D eigenvalue weighted by atomic mass is 10.4. The molecule has 15 heavy (non-hydrogen) atoms. The summed E-state index contributed by atoms with van der Waals surface area (Å²) in [7, 11) is 0. The van der Waals surface area contributed by atoms with Gasteiger partial charge >= 0.3 is 0 Å². The van der Waals surface area contributed by atoms with E-state index < -0.39 is 0 Å². The highest BCUT2D eigenvalue weighted by atomic mass is 16.1. The summed E-state index contributed by atoms with van der Waals surface area (Å²) < 4.78 is 3.08. The summed E-state index contributed by atoms with van der Waals surface area (Å²) in [4.78, 5) is 11.4. The Morgan fingerprint density at radius 1 is 1.33 bits per heavy atom. The van der Waals surface area contributed by atoms with Crippen LogP contribution in [0.1, 0.15) is 0 Å². The van der Waals surface area contributed by atoms with Crippen LogP contribution in [-0.2, 0) is 13.1 Å². The monoisotopic (exact) mass is 206 g/mol. The van der Waals surface area contributed by atoms with Crippen molar-refractivity contribution in [2.75, 3.05) is 5.73 Å². The van der Waals surface area contributed by atoms with E-state index in [1.807, 2.05) is 0 Å². The van der Waals surface area contributed by atoms with Gasteiger partial charge in [-0.15, -0.1) is 5.10 Å². The summed E-state index contributed by atoms with van der Waals surface area (Å²) in [6, 6.07) is 3.02. The predicted molar refractivity (Wildman–Crippen MR) is 52.9 cm³/mol. The van der Waals surface area contributed by atoms with Crippen molar-refractivity contribution in [3.8, 4) is 0 Å². The second-order valence-corrected chi connectivity index (χ2v) is 3.07. The quantitative estimate of drug-likeness (QED) is 0.703. The first-order chi connectivity index (χ1) is 7.25. The summed E-state index contributed by atoms with van der Waals surface area (Å²) in [6.45, 7) is 1.03. The Morgan fingerprint density at radius 3 is 2.93 bits per heavy atom. The van der Waals surface area contributed by atoms with E-state index in [4.69, 9.17) is 5.73 Å². The maximum absolute atomic E-state index is 11.4. The fraction of sp³-hybridized carbons (Fsp3) is 0.250. The van der Waals surface area contributed by atoms with Gasteiger partial charge in [0.2, 0.25) is 0 Å². The van der Waals surface area contributed by atoms with Crippen LogP contribution in [0.2, 0.25) is 0 Å². The normalized spacial score (nSPS) is 10.4. The van der Waals surface area contributed by atoms with Crippen LogP contribution in [0.25, 0.3) is 0 Å². The molecule has 2 N–H and O–H groups in total. The second kappa shape index (κ2) is 3.91. The Balaban J connectivity index is 2.11. The molecule has 2 aromatic heterocycles. The fourth-order valence-corrected chi connectivity index (χ4v) is 1.22. The molecule has 2 heterocycles. The van der Waals surface area contributed by atoms with Crippen LogP contribution in [0.4, 0.5) is 5.69 Å². The van der Waals surface area contributed by atoms with Gasteiger partial charge in [0.25, 0.3) is 5.56 Å². The average Bonchev–Trinajstić information content (AvgIpc) is 2.72. The van der Waals surface area contributed by atoms with Crippen molar-refractivity contribution in [3.63, 3.8) is 0 Å². The molecule has 2 aromatic rings. The summed E-state index contributed by atoms with van der Waals surface area (Å²) in [6.07, 6.45) is 3.10. The third-order valence-corrected chi connectivity index (χ3v) is 1.97. The number of aryl methyl sites for hydroxylation is 2. The Labute approximate surface area is 85.1 Å². The first-order valence-electron chi connectivity index (χ1n) is 4.42. The van der Waals surface area contributed by atoms with E-state index in [-0.39, 0.29) is 5.56 Å². The molecular weight excluding hydrogens is 196 g/mol. The molecule has 0 bridgehead atoms. The van der Waals surface area contributed by atoms with Crippen molar-refractivity contribution in [2.45, 2.75) is 13.1 Å². The molecule has 0 saturated carbocycles. The highest BCUT2D eigenvalue weighted by molar-refractivity contribution is 5.33. The maximum Gasteiger partial charge on any atom is 0.250 e. The Kier molecular flexibility index (Phi) is 2.44. The second-order valence-electron chi connectivity index (χ2n) is 3.07. The van der Waals surface area contributed by atoms with Crippen molar-refractivity contribution in [1.29, 1.82) is 0 Å².